The number of anilines is 2. The van der Waals surface area contributed by atoms with Gasteiger partial charge in [0.25, 0.3) is 11.5 Å². The molecule has 218 valence electrons. The van der Waals surface area contributed by atoms with Crippen molar-refractivity contribution in [1.82, 2.24) is 19.7 Å². The zero-order valence-electron chi connectivity index (χ0n) is 23.2. The number of nitrogens with one attached hydrogen (secondary N) is 2. The third-order valence-corrected chi connectivity index (χ3v) is 7.48. The van der Waals surface area contributed by atoms with Crippen LogP contribution in [-0.4, -0.2) is 68.6 Å². The number of piperidine rings is 1. The summed E-state index contributed by atoms with van der Waals surface area (Å²) in [7, 11) is 0. The molecule has 4 N–H and O–H groups in total. The number of rotatable bonds is 9. The minimum atomic E-state index is -1.21. The molecule has 2 amide bonds. The Hall–Kier alpha value is -4.10. The van der Waals surface area contributed by atoms with Gasteiger partial charge in [-0.05, 0) is 37.0 Å². The lowest BCUT2D eigenvalue weighted by molar-refractivity contribution is -0.131. The minimum Gasteiger partial charge on any atom is -0.478 e. The number of carbonyl (C=O) groups is 3. The molecule has 1 atom stereocenters. The Balaban J connectivity index is 1.66. The van der Waals surface area contributed by atoms with E-state index in [4.69, 9.17) is 10.1 Å². The summed E-state index contributed by atoms with van der Waals surface area (Å²) in [6.45, 7) is 7.14. The normalized spacial score (nSPS) is 15.8. The van der Waals surface area contributed by atoms with Crippen LogP contribution in [0.3, 0.4) is 0 Å². The fourth-order valence-corrected chi connectivity index (χ4v) is 5.55. The number of carbonyl (C=O) groups excluding carboxylic acids is 2. The van der Waals surface area contributed by atoms with E-state index in [0.29, 0.717) is 24.0 Å². The number of pyridine rings is 1. The van der Waals surface area contributed by atoms with Crippen LogP contribution in [0.5, 0.6) is 0 Å². The predicted octanol–water partition coefficient (Wildman–Crippen LogP) is 2.51. The SMILES string of the molecule is CC(C)(C)c1csc(NC(=O)c2ccn3c(=O)c(/C=C/C(=O)O)c(N4CCCC(CC(=O)NCCO)C4)nc3c2)n1. The van der Waals surface area contributed by atoms with Gasteiger partial charge in [0.1, 0.15) is 11.5 Å². The number of aliphatic hydroxyl groups excluding tert-OH is 1. The third-order valence-electron chi connectivity index (χ3n) is 6.72. The van der Waals surface area contributed by atoms with Gasteiger partial charge in [0.2, 0.25) is 5.91 Å². The summed E-state index contributed by atoms with van der Waals surface area (Å²) >= 11 is 1.33. The van der Waals surface area contributed by atoms with E-state index in [2.05, 4.69) is 15.6 Å². The maximum Gasteiger partial charge on any atom is 0.328 e. The van der Waals surface area contributed by atoms with Crippen molar-refractivity contribution in [2.24, 2.45) is 5.92 Å². The van der Waals surface area contributed by atoms with Gasteiger partial charge >= 0.3 is 5.97 Å². The van der Waals surface area contributed by atoms with Gasteiger partial charge in [0.05, 0.1) is 17.9 Å². The fraction of sp³-hybridized carbons (Fsp3) is 0.429. The molecule has 3 aromatic heterocycles. The molecule has 0 aliphatic carbocycles. The van der Waals surface area contributed by atoms with Crippen molar-refractivity contribution in [3.63, 3.8) is 0 Å². The summed E-state index contributed by atoms with van der Waals surface area (Å²) < 4.78 is 1.27. The van der Waals surface area contributed by atoms with Gasteiger partial charge in [-0.15, -0.1) is 11.3 Å². The molecule has 4 heterocycles. The van der Waals surface area contributed by atoms with Crippen molar-refractivity contribution in [3.05, 3.63) is 57.0 Å². The highest BCUT2D eigenvalue weighted by atomic mass is 32.1. The first-order chi connectivity index (χ1) is 19.5. The van der Waals surface area contributed by atoms with Gasteiger partial charge in [-0.1, -0.05) is 20.8 Å². The van der Waals surface area contributed by atoms with Crippen LogP contribution < -0.4 is 21.1 Å². The Labute approximate surface area is 240 Å². The van der Waals surface area contributed by atoms with Gasteiger partial charge in [-0.25, -0.2) is 14.8 Å². The molecule has 4 rings (SSSR count). The molecule has 0 radical (unpaired) electrons. The number of hydrogen-bond donors (Lipinski definition) is 4. The lowest BCUT2D eigenvalue weighted by Crippen LogP contribution is -2.40. The second kappa shape index (κ2) is 12.6. The number of fused-ring (bicyclic) bond motifs is 1. The van der Waals surface area contributed by atoms with E-state index >= 15 is 0 Å². The molecule has 1 unspecified atom stereocenters. The molecular weight excluding hydrogens is 548 g/mol. The maximum absolute atomic E-state index is 13.5. The van der Waals surface area contributed by atoms with Gasteiger partial charge in [-0.2, -0.15) is 0 Å². The van der Waals surface area contributed by atoms with Crippen LogP contribution in [0.15, 0.2) is 34.6 Å². The summed E-state index contributed by atoms with van der Waals surface area (Å²) in [4.78, 5) is 61.2. The third kappa shape index (κ3) is 7.35. The molecule has 1 aliphatic heterocycles. The predicted molar refractivity (Wildman–Crippen MR) is 157 cm³/mol. The van der Waals surface area contributed by atoms with Crippen molar-refractivity contribution < 1.29 is 24.6 Å². The molecule has 13 heteroatoms. The van der Waals surface area contributed by atoms with Crippen LogP contribution >= 0.6 is 11.3 Å². The number of aromatic nitrogens is 3. The molecule has 1 aliphatic rings. The van der Waals surface area contributed by atoms with E-state index in [-0.39, 0.29) is 53.6 Å². The van der Waals surface area contributed by atoms with E-state index in [9.17, 15) is 24.3 Å². The minimum absolute atomic E-state index is 0.0209. The van der Waals surface area contributed by atoms with Crippen molar-refractivity contribution in [1.29, 1.82) is 0 Å². The molecule has 1 saturated heterocycles. The Morgan fingerprint density at radius 1 is 1.24 bits per heavy atom. The highest BCUT2D eigenvalue weighted by molar-refractivity contribution is 7.14. The van der Waals surface area contributed by atoms with Gasteiger partial charge in [0, 0.05) is 54.7 Å². The first-order valence-corrected chi connectivity index (χ1v) is 14.2. The number of nitrogens with zero attached hydrogens (tertiary/aromatic N) is 4. The van der Waals surface area contributed by atoms with E-state index in [1.165, 1.54) is 40.1 Å². The number of carboxylic acid groups (broad SMARTS) is 1. The monoisotopic (exact) mass is 582 g/mol. The first-order valence-electron chi connectivity index (χ1n) is 13.3. The second-order valence-electron chi connectivity index (χ2n) is 10.9. The molecule has 12 nitrogen and oxygen atoms in total. The quantitative estimate of drug-likeness (QED) is 0.277. The van der Waals surface area contributed by atoms with Crippen LogP contribution in [0.25, 0.3) is 11.7 Å². The van der Waals surface area contributed by atoms with Gasteiger partial charge < -0.3 is 20.4 Å². The first kappa shape index (κ1) is 29.9. The van der Waals surface area contributed by atoms with Crippen LogP contribution in [0.2, 0.25) is 0 Å². The highest BCUT2D eigenvalue weighted by Gasteiger charge is 2.26. The van der Waals surface area contributed by atoms with Crippen molar-refractivity contribution >= 4 is 51.8 Å². The Morgan fingerprint density at radius 2 is 2.02 bits per heavy atom. The fourth-order valence-electron chi connectivity index (χ4n) is 4.62. The molecule has 3 aromatic rings. The van der Waals surface area contributed by atoms with E-state index in [1.807, 2.05) is 31.1 Å². The summed E-state index contributed by atoms with van der Waals surface area (Å²) in [5.74, 6) is -1.51. The number of aliphatic hydroxyl groups is 1. The number of amides is 2. The largest absolute Gasteiger partial charge is 0.478 e. The van der Waals surface area contributed by atoms with Gasteiger partial charge in [0.15, 0.2) is 5.13 Å². The Kier molecular flexibility index (Phi) is 9.18. The lowest BCUT2D eigenvalue weighted by Gasteiger charge is -2.34. The summed E-state index contributed by atoms with van der Waals surface area (Å²) in [5, 5.41) is 26.0. The molecule has 0 spiro atoms. The van der Waals surface area contributed by atoms with Crippen LogP contribution in [0.1, 0.15) is 61.6 Å². The molecule has 0 aromatic carbocycles. The molecule has 0 bridgehead atoms. The lowest BCUT2D eigenvalue weighted by atomic mass is 9.93. The standard InChI is InChI=1S/C28H34N6O6S/c1-28(2,3)20-16-41-27(30-20)32-25(39)18-8-11-34-21(14-18)31-24(19(26(34)40)6-7-23(37)38)33-10-4-5-17(15-33)13-22(36)29-9-12-35/h6-8,11,14,16-17,35H,4-5,9-10,12-13,15H2,1-3H3,(H,29,36)(H,37,38)(H,30,32,39)/b7-6+. The van der Waals surface area contributed by atoms with E-state index in [0.717, 1.165) is 24.6 Å². The second-order valence-corrected chi connectivity index (χ2v) is 11.8. The molecular formula is C28H34N6O6S. The summed E-state index contributed by atoms with van der Waals surface area (Å²) in [6.07, 6.45) is 5.35. The van der Waals surface area contributed by atoms with E-state index in [1.54, 1.807) is 0 Å². The highest BCUT2D eigenvalue weighted by Crippen LogP contribution is 2.28. The number of thiazole rings is 1. The maximum atomic E-state index is 13.5. The molecule has 1 fully saturated rings. The molecule has 41 heavy (non-hydrogen) atoms. The average molecular weight is 583 g/mol. The summed E-state index contributed by atoms with van der Waals surface area (Å²) in [5.41, 5.74) is 0.829. The number of carboxylic acids is 1. The zero-order valence-corrected chi connectivity index (χ0v) is 24.0. The number of hydrogen-bond acceptors (Lipinski definition) is 9. The van der Waals surface area contributed by atoms with E-state index < -0.39 is 17.4 Å². The number of aliphatic carboxylic acids is 1. The molecule has 0 saturated carbocycles. The van der Waals surface area contributed by atoms with Crippen molar-refractivity contribution in [3.8, 4) is 0 Å². The van der Waals surface area contributed by atoms with Crippen molar-refractivity contribution in [2.75, 3.05) is 36.5 Å². The van der Waals surface area contributed by atoms with Crippen molar-refractivity contribution in [2.45, 2.75) is 45.4 Å². The van der Waals surface area contributed by atoms with Crippen LogP contribution in [-0.2, 0) is 15.0 Å². The summed E-state index contributed by atoms with van der Waals surface area (Å²) in [6, 6.07) is 3.00. The Bertz CT molecular complexity index is 1540. The topological polar surface area (TPSA) is 166 Å². The smallest absolute Gasteiger partial charge is 0.328 e. The van der Waals surface area contributed by atoms with Gasteiger partial charge in [-0.3, -0.25) is 24.1 Å². The Morgan fingerprint density at radius 3 is 2.71 bits per heavy atom. The van der Waals surface area contributed by atoms with Crippen LogP contribution in [0.4, 0.5) is 10.9 Å². The zero-order chi connectivity index (χ0) is 29.7. The average Bonchev–Trinajstić information content (AvgIpc) is 3.40. The van der Waals surface area contributed by atoms with Crippen LogP contribution in [0, 0.1) is 5.92 Å².